The van der Waals surface area contributed by atoms with E-state index in [-0.39, 0.29) is 28.9 Å². The summed E-state index contributed by atoms with van der Waals surface area (Å²) in [6.07, 6.45) is 0. The van der Waals surface area contributed by atoms with E-state index in [0.29, 0.717) is 10.8 Å². The topological polar surface area (TPSA) is 99.0 Å². The number of nitrogens with one attached hydrogen (secondary N) is 1. The zero-order valence-electron chi connectivity index (χ0n) is 14.8. The highest BCUT2D eigenvalue weighted by atomic mass is 35.5. The van der Waals surface area contributed by atoms with Gasteiger partial charge in [0.15, 0.2) is 0 Å². The zero-order valence-corrected chi connectivity index (χ0v) is 16.4. The molecular weight excluding hydrogens is 402 g/mol. The van der Waals surface area contributed by atoms with Gasteiger partial charge in [0.05, 0.1) is 28.6 Å². The maximum Gasteiger partial charge on any atom is 0.339 e. The normalized spacial score (nSPS) is 10.5. The number of benzene rings is 2. The molecule has 3 rings (SSSR count). The molecule has 0 spiro atoms. The summed E-state index contributed by atoms with van der Waals surface area (Å²) in [5.74, 6) is -0.727. The Bertz CT molecular complexity index is 980. The summed E-state index contributed by atoms with van der Waals surface area (Å²) in [6.45, 7) is 1.94. The number of carbonyl (C=O) groups excluding carboxylic acids is 2. The maximum absolute atomic E-state index is 12.3. The van der Waals surface area contributed by atoms with Crippen LogP contribution in [0.1, 0.15) is 17.3 Å². The molecule has 0 fully saturated rings. The highest BCUT2D eigenvalue weighted by Gasteiger charge is 2.15. The van der Waals surface area contributed by atoms with Gasteiger partial charge in [0.2, 0.25) is 11.1 Å². The molecule has 3 aromatic rings. The van der Waals surface area contributed by atoms with E-state index in [0.717, 1.165) is 5.69 Å². The predicted octanol–water partition coefficient (Wildman–Crippen LogP) is 3.22. The maximum atomic E-state index is 12.3. The Hall–Kier alpha value is -2.91. The van der Waals surface area contributed by atoms with Crippen molar-refractivity contribution in [3.63, 3.8) is 0 Å². The monoisotopic (exact) mass is 417 g/mol. The molecule has 1 heterocycles. The summed E-state index contributed by atoms with van der Waals surface area (Å²) in [5.41, 5.74) is 1.44. The molecule has 0 aliphatic heterocycles. The van der Waals surface area contributed by atoms with Crippen LogP contribution in [0.25, 0.3) is 5.69 Å². The first-order valence-corrected chi connectivity index (χ1v) is 9.68. The molecule has 0 aliphatic rings. The van der Waals surface area contributed by atoms with Crippen molar-refractivity contribution in [3.8, 4) is 5.69 Å². The van der Waals surface area contributed by atoms with E-state index in [1.54, 1.807) is 17.7 Å². The number of anilines is 1. The Morgan fingerprint density at radius 2 is 2.00 bits per heavy atom. The van der Waals surface area contributed by atoms with Crippen molar-refractivity contribution in [1.82, 2.24) is 20.2 Å². The van der Waals surface area contributed by atoms with Gasteiger partial charge in [0.1, 0.15) is 0 Å². The third kappa shape index (κ3) is 4.87. The van der Waals surface area contributed by atoms with Gasteiger partial charge in [-0.25, -0.2) is 4.79 Å². The second kappa shape index (κ2) is 9.34. The van der Waals surface area contributed by atoms with Crippen LogP contribution >= 0.6 is 23.4 Å². The average molecular weight is 418 g/mol. The average Bonchev–Trinajstić information content (AvgIpc) is 3.17. The van der Waals surface area contributed by atoms with Crippen LogP contribution in [-0.2, 0) is 9.53 Å². The summed E-state index contributed by atoms with van der Waals surface area (Å²) >= 11 is 7.22. The van der Waals surface area contributed by atoms with Crippen LogP contribution in [0.15, 0.2) is 53.7 Å². The summed E-state index contributed by atoms with van der Waals surface area (Å²) in [7, 11) is 0. The highest BCUT2D eigenvalue weighted by Crippen LogP contribution is 2.22. The molecule has 0 saturated carbocycles. The van der Waals surface area contributed by atoms with Gasteiger partial charge >= 0.3 is 5.97 Å². The van der Waals surface area contributed by atoms with Crippen LogP contribution in [-0.4, -0.2) is 44.4 Å². The lowest BCUT2D eigenvalue weighted by molar-refractivity contribution is -0.113. The van der Waals surface area contributed by atoms with Crippen molar-refractivity contribution in [1.29, 1.82) is 0 Å². The van der Waals surface area contributed by atoms with Crippen molar-refractivity contribution in [2.75, 3.05) is 17.7 Å². The Kier molecular flexibility index (Phi) is 6.62. The number of rotatable bonds is 7. The number of hydrogen-bond donors (Lipinski definition) is 1. The molecule has 1 amide bonds. The van der Waals surface area contributed by atoms with Crippen LogP contribution in [0.2, 0.25) is 5.02 Å². The summed E-state index contributed by atoms with van der Waals surface area (Å²) in [5, 5.41) is 15.0. The lowest BCUT2D eigenvalue weighted by Crippen LogP contribution is -2.15. The fourth-order valence-electron chi connectivity index (χ4n) is 2.30. The first kappa shape index (κ1) is 19.8. The van der Waals surface area contributed by atoms with E-state index < -0.39 is 5.97 Å². The molecule has 0 atom stereocenters. The van der Waals surface area contributed by atoms with Gasteiger partial charge in [0, 0.05) is 5.69 Å². The number of nitrogens with zero attached hydrogens (tertiary/aromatic N) is 4. The minimum atomic E-state index is -0.542. The molecule has 10 heteroatoms. The number of amides is 1. The van der Waals surface area contributed by atoms with E-state index in [9.17, 15) is 9.59 Å². The standard InChI is InChI=1S/C18H16ClN5O3S/c1-2-27-17(26)14-10-12(8-9-15(14)19)20-16(25)11-28-18-21-22-23-24(18)13-6-4-3-5-7-13/h3-10H,2,11H2,1H3,(H,20,25). The van der Waals surface area contributed by atoms with Crippen LogP contribution in [0.3, 0.4) is 0 Å². The molecule has 0 bridgehead atoms. The highest BCUT2D eigenvalue weighted by molar-refractivity contribution is 7.99. The smallest absolute Gasteiger partial charge is 0.339 e. The Morgan fingerprint density at radius 3 is 2.75 bits per heavy atom. The first-order chi connectivity index (χ1) is 13.6. The number of ether oxygens (including phenoxy) is 1. The SMILES string of the molecule is CCOC(=O)c1cc(NC(=O)CSc2nnnn2-c2ccccc2)ccc1Cl. The van der Waals surface area contributed by atoms with E-state index in [1.165, 1.54) is 23.9 Å². The molecule has 28 heavy (non-hydrogen) atoms. The molecule has 0 saturated heterocycles. The third-order valence-electron chi connectivity index (χ3n) is 3.52. The summed E-state index contributed by atoms with van der Waals surface area (Å²) < 4.78 is 6.51. The third-order valence-corrected chi connectivity index (χ3v) is 4.77. The molecule has 0 radical (unpaired) electrons. The van der Waals surface area contributed by atoms with Crippen LogP contribution in [0.4, 0.5) is 5.69 Å². The van der Waals surface area contributed by atoms with Gasteiger partial charge in [-0.05, 0) is 47.7 Å². The van der Waals surface area contributed by atoms with E-state index in [1.807, 2.05) is 30.3 Å². The Balaban J connectivity index is 1.64. The van der Waals surface area contributed by atoms with Crippen LogP contribution in [0.5, 0.6) is 0 Å². The quantitative estimate of drug-likeness (QED) is 0.465. The minimum absolute atomic E-state index is 0.0879. The van der Waals surface area contributed by atoms with Gasteiger partial charge < -0.3 is 10.1 Å². The molecular formula is C18H16ClN5O3S. The number of thioether (sulfide) groups is 1. The number of para-hydroxylation sites is 1. The van der Waals surface area contributed by atoms with Gasteiger partial charge in [-0.2, -0.15) is 4.68 Å². The number of tetrazole rings is 1. The second-order valence-electron chi connectivity index (χ2n) is 5.46. The fraction of sp³-hybridized carbons (Fsp3) is 0.167. The van der Waals surface area contributed by atoms with Crippen molar-refractivity contribution in [2.24, 2.45) is 0 Å². The Labute approximate surface area is 170 Å². The second-order valence-corrected chi connectivity index (χ2v) is 6.81. The Morgan fingerprint density at radius 1 is 1.21 bits per heavy atom. The van der Waals surface area contributed by atoms with Gasteiger partial charge in [-0.1, -0.05) is 41.6 Å². The molecule has 144 valence electrons. The lowest BCUT2D eigenvalue weighted by atomic mass is 10.2. The lowest BCUT2D eigenvalue weighted by Gasteiger charge is -2.09. The van der Waals surface area contributed by atoms with Crippen molar-refractivity contribution >= 4 is 40.9 Å². The first-order valence-electron chi connectivity index (χ1n) is 8.31. The van der Waals surface area contributed by atoms with E-state index in [4.69, 9.17) is 16.3 Å². The van der Waals surface area contributed by atoms with Gasteiger partial charge in [0.25, 0.3) is 0 Å². The van der Waals surface area contributed by atoms with Crippen LogP contribution in [0, 0.1) is 0 Å². The minimum Gasteiger partial charge on any atom is -0.462 e. The van der Waals surface area contributed by atoms with E-state index >= 15 is 0 Å². The van der Waals surface area contributed by atoms with Gasteiger partial charge in [-0.3, -0.25) is 4.79 Å². The van der Waals surface area contributed by atoms with Crippen molar-refractivity contribution < 1.29 is 14.3 Å². The van der Waals surface area contributed by atoms with E-state index in [2.05, 4.69) is 20.8 Å². The molecule has 0 unspecified atom stereocenters. The number of halogens is 1. The summed E-state index contributed by atoms with van der Waals surface area (Å²) in [6, 6.07) is 14.0. The predicted molar refractivity (Wildman–Crippen MR) is 106 cm³/mol. The number of aromatic nitrogens is 4. The number of carbonyl (C=O) groups is 2. The molecule has 0 aliphatic carbocycles. The molecule has 1 N–H and O–H groups in total. The molecule has 1 aromatic heterocycles. The van der Waals surface area contributed by atoms with Crippen LogP contribution < -0.4 is 5.32 Å². The molecule has 2 aromatic carbocycles. The molecule has 8 nitrogen and oxygen atoms in total. The zero-order chi connectivity index (χ0) is 19.9. The van der Waals surface area contributed by atoms with Crippen molar-refractivity contribution in [2.45, 2.75) is 12.1 Å². The van der Waals surface area contributed by atoms with Crippen molar-refractivity contribution in [3.05, 3.63) is 59.1 Å². The number of hydrogen-bond acceptors (Lipinski definition) is 7. The fourth-order valence-corrected chi connectivity index (χ4v) is 3.18. The number of esters is 1. The van der Waals surface area contributed by atoms with Gasteiger partial charge in [-0.15, -0.1) is 5.10 Å². The summed E-state index contributed by atoms with van der Waals surface area (Å²) in [4.78, 5) is 24.2. The largest absolute Gasteiger partial charge is 0.462 e.